The van der Waals surface area contributed by atoms with E-state index < -0.39 is 11.7 Å². The van der Waals surface area contributed by atoms with Crippen LogP contribution in [0.5, 0.6) is 0 Å². The van der Waals surface area contributed by atoms with Crippen LogP contribution in [0.25, 0.3) is 0 Å². The van der Waals surface area contributed by atoms with Gasteiger partial charge in [0.05, 0.1) is 5.56 Å². The van der Waals surface area contributed by atoms with Gasteiger partial charge in [0.25, 0.3) is 0 Å². The average molecular weight is 328 g/mol. The van der Waals surface area contributed by atoms with E-state index in [2.05, 4.69) is 6.92 Å². The minimum atomic E-state index is -4.33. The van der Waals surface area contributed by atoms with E-state index in [1.807, 2.05) is 11.8 Å². The molecule has 0 radical (unpaired) electrons. The van der Waals surface area contributed by atoms with Crippen LogP contribution in [-0.4, -0.2) is 30.4 Å². The highest BCUT2D eigenvalue weighted by atomic mass is 19.4. The second-order valence-corrected chi connectivity index (χ2v) is 6.81. The molecule has 1 aromatic rings. The fourth-order valence-corrected chi connectivity index (χ4v) is 2.91. The van der Waals surface area contributed by atoms with Crippen molar-refractivity contribution in [3.63, 3.8) is 0 Å². The molecular formula is C17H23F3N2O. The summed E-state index contributed by atoms with van der Waals surface area (Å²) >= 11 is 0. The molecule has 1 fully saturated rings. The number of carbonyl (C=O) groups excluding carboxylic acids is 1. The smallest absolute Gasteiger partial charge is 0.342 e. The molecule has 2 N–H and O–H groups in total. The molecule has 23 heavy (non-hydrogen) atoms. The van der Waals surface area contributed by atoms with Gasteiger partial charge in [0.2, 0.25) is 5.91 Å². The molecule has 0 saturated carbocycles. The first-order valence-corrected chi connectivity index (χ1v) is 7.80. The zero-order valence-electron chi connectivity index (χ0n) is 13.5. The van der Waals surface area contributed by atoms with Crippen molar-refractivity contribution >= 4 is 5.91 Å². The summed E-state index contributed by atoms with van der Waals surface area (Å²) in [5.74, 6) is -0.0795. The number of benzene rings is 1. The van der Waals surface area contributed by atoms with Gasteiger partial charge in [-0.25, -0.2) is 0 Å². The molecule has 1 amide bonds. The van der Waals surface area contributed by atoms with Gasteiger partial charge in [0.1, 0.15) is 0 Å². The molecule has 1 heterocycles. The number of hydrogen-bond acceptors (Lipinski definition) is 2. The standard InChI is InChI=1S/C17H23F3N2O/c1-12(13-3-5-14(6-4-13)17(18,19)20)9-15(23)22-8-7-16(2,10-21)11-22/h3-6,12H,7-11,21H2,1-2H3. The average Bonchev–Trinajstić information content (AvgIpc) is 2.90. The van der Waals surface area contributed by atoms with E-state index in [0.717, 1.165) is 24.1 Å². The Bertz CT molecular complexity index is 556. The van der Waals surface area contributed by atoms with Crippen LogP contribution in [0.1, 0.15) is 43.7 Å². The maximum atomic E-state index is 12.6. The Morgan fingerprint density at radius 2 is 1.96 bits per heavy atom. The Labute approximate surface area is 134 Å². The zero-order valence-corrected chi connectivity index (χ0v) is 13.5. The minimum absolute atomic E-state index is 0.0206. The number of carbonyl (C=O) groups is 1. The molecule has 2 unspecified atom stereocenters. The summed E-state index contributed by atoms with van der Waals surface area (Å²) in [5.41, 5.74) is 5.80. The van der Waals surface area contributed by atoms with Crippen LogP contribution in [0.3, 0.4) is 0 Å². The van der Waals surface area contributed by atoms with Gasteiger partial charge < -0.3 is 10.6 Å². The highest BCUT2D eigenvalue weighted by molar-refractivity contribution is 5.77. The van der Waals surface area contributed by atoms with Gasteiger partial charge >= 0.3 is 6.18 Å². The lowest BCUT2D eigenvalue weighted by molar-refractivity contribution is -0.137. The number of halogens is 3. The monoisotopic (exact) mass is 328 g/mol. The number of nitrogens with two attached hydrogens (primary N) is 1. The number of rotatable bonds is 4. The van der Waals surface area contributed by atoms with Crippen LogP contribution in [0.15, 0.2) is 24.3 Å². The quantitative estimate of drug-likeness (QED) is 0.921. The third kappa shape index (κ3) is 4.25. The Morgan fingerprint density at radius 3 is 2.43 bits per heavy atom. The predicted molar refractivity (Wildman–Crippen MR) is 82.8 cm³/mol. The van der Waals surface area contributed by atoms with Gasteiger partial charge in [-0.15, -0.1) is 0 Å². The summed E-state index contributed by atoms with van der Waals surface area (Å²) in [6, 6.07) is 5.04. The molecule has 1 aliphatic rings. The molecule has 128 valence electrons. The van der Waals surface area contributed by atoms with Crippen molar-refractivity contribution in [3.8, 4) is 0 Å². The topological polar surface area (TPSA) is 46.3 Å². The third-order valence-corrected chi connectivity index (χ3v) is 4.69. The van der Waals surface area contributed by atoms with Crippen LogP contribution in [0.2, 0.25) is 0 Å². The second kappa shape index (κ2) is 6.51. The molecule has 6 heteroatoms. The van der Waals surface area contributed by atoms with Crippen molar-refractivity contribution < 1.29 is 18.0 Å². The van der Waals surface area contributed by atoms with Crippen LogP contribution < -0.4 is 5.73 Å². The number of likely N-dealkylation sites (tertiary alicyclic amines) is 1. The molecule has 0 spiro atoms. The Hall–Kier alpha value is -1.56. The normalized spacial score (nSPS) is 23.1. The van der Waals surface area contributed by atoms with Crippen LogP contribution >= 0.6 is 0 Å². The molecule has 1 saturated heterocycles. The lowest BCUT2D eigenvalue weighted by atomic mass is 9.90. The Kier molecular flexibility index (Phi) is 5.04. The van der Waals surface area contributed by atoms with Gasteiger partial charge in [-0.3, -0.25) is 4.79 Å². The van der Waals surface area contributed by atoms with E-state index >= 15 is 0 Å². The second-order valence-electron chi connectivity index (χ2n) is 6.81. The van der Waals surface area contributed by atoms with Gasteiger partial charge in [0.15, 0.2) is 0 Å². The fraction of sp³-hybridized carbons (Fsp3) is 0.588. The largest absolute Gasteiger partial charge is 0.416 e. The lowest BCUT2D eigenvalue weighted by Crippen LogP contribution is -2.34. The van der Waals surface area contributed by atoms with Gasteiger partial charge in [-0.05, 0) is 42.0 Å². The van der Waals surface area contributed by atoms with E-state index in [-0.39, 0.29) is 17.2 Å². The van der Waals surface area contributed by atoms with Crippen molar-refractivity contribution in [2.24, 2.45) is 11.1 Å². The molecule has 1 aromatic carbocycles. The van der Waals surface area contributed by atoms with E-state index in [4.69, 9.17) is 5.73 Å². The molecule has 2 rings (SSSR count). The number of hydrogen-bond donors (Lipinski definition) is 1. The molecule has 1 aliphatic heterocycles. The van der Waals surface area contributed by atoms with Crippen LogP contribution in [0.4, 0.5) is 13.2 Å². The summed E-state index contributed by atoms with van der Waals surface area (Å²) < 4.78 is 37.7. The first kappa shape index (κ1) is 17.8. The van der Waals surface area contributed by atoms with E-state index in [0.29, 0.717) is 26.1 Å². The predicted octanol–water partition coefficient (Wildman–Crippen LogP) is 3.40. The van der Waals surface area contributed by atoms with Crippen molar-refractivity contribution in [1.82, 2.24) is 4.90 Å². The highest BCUT2D eigenvalue weighted by Gasteiger charge is 2.35. The molecule has 3 nitrogen and oxygen atoms in total. The summed E-state index contributed by atoms with van der Waals surface area (Å²) in [6.45, 7) is 5.83. The molecule has 0 aliphatic carbocycles. The van der Waals surface area contributed by atoms with Crippen molar-refractivity contribution in [2.75, 3.05) is 19.6 Å². The molecular weight excluding hydrogens is 305 g/mol. The SMILES string of the molecule is CC(CC(=O)N1CCC(C)(CN)C1)c1ccc(C(F)(F)F)cc1. The number of nitrogens with zero attached hydrogens (tertiary/aromatic N) is 1. The minimum Gasteiger partial charge on any atom is -0.342 e. The lowest BCUT2D eigenvalue weighted by Gasteiger charge is -2.23. The summed E-state index contributed by atoms with van der Waals surface area (Å²) in [7, 11) is 0. The zero-order chi connectivity index (χ0) is 17.3. The first-order chi connectivity index (χ1) is 10.6. The third-order valence-electron chi connectivity index (χ3n) is 4.69. The van der Waals surface area contributed by atoms with Crippen molar-refractivity contribution in [2.45, 2.75) is 38.8 Å². The Balaban J connectivity index is 1.96. The maximum absolute atomic E-state index is 12.6. The molecule has 2 atom stereocenters. The van der Waals surface area contributed by atoms with Gasteiger partial charge in [0, 0.05) is 19.5 Å². The maximum Gasteiger partial charge on any atom is 0.416 e. The van der Waals surface area contributed by atoms with Gasteiger partial charge in [-0.2, -0.15) is 13.2 Å². The Morgan fingerprint density at radius 1 is 1.35 bits per heavy atom. The van der Waals surface area contributed by atoms with Crippen molar-refractivity contribution in [3.05, 3.63) is 35.4 Å². The van der Waals surface area contributed by atoms with Crippen molar-refractivity contribution in [1.29, 1.82) is 0 Å². The molecule has 0 bridgehead atoms. The van der Waals surface area contributed by atoms with E-state index in [1.54, 1.807) is 0 Å². The van der Waals surface area contributed by atoms with Crippen LogP contribution in [-0.2, 0) is 11.0 Å². The number of alkyl halides is 3. The van der Waals surface area contributed by atoms with Crippen LogP contribution in [0, 0.1) is 5.41 Å². The fourth-order valence-electron chi connectivity index (χ4n) is 2.91. The summed E-state index contributed by atoms with van der Waals surface area (Å²) in [6.07, 6.45) is -3.14. The van der Waals surface area contributed by atoms with E-state index in [9.17, 15) is 18.0 Å². The first-order valence-electron chi connectivity index (χ1n) is 7.80. The number of amides is 1. The van der Waals surface area contributed by atoms with E-state index in [1.165, 1.54) is 12.1 Å². The summed E-state index contributed by atoms with van der Waals surface area (Å²) in [5, 5.41) is 0. The summed E-state index contributed by atoms with van der Waals surface area (Å²) in [4.78, 5) is 14.2. The molecule has 0 aromatic heterocycles. The van der Waals surface area contributed by atoms with Gasteiger partial charge in [-0.1, -0.05) is 26.0 Å². The highest BCUT2D eigenvalue weighted by Crippen LogP contribution is 2.32.